The van der Waals surface area contributed by atoms with E-state index < -0.39 is 20.2 Å². The highest BCUT2D eigenvalue weighted by Gasteiger charge is 2.48. The number of hydrogen-bond acceptors (Lipinski definition) is 6. The summed E-state index contributed by atoms with van der Waals surface area (Å²) in [6, 6.07) is 13.6. The first kappa shape index (κ1) is 24.9. The standard InChI is InChI=1S/C22H27F3N2O3S2/c1-17-7-8-20(21(15-17)32(28,29)22(23,24)25)26-18(9-10-27-11-13-30-14-12-27)16-31-19-5-3-2-4-6-19/h2-8,15,18,26H,9-14,16H2,1H3/t18-/m1/s1. The van der Waals surface area contributed by atoms with Crippen molar-refractivity contribution in [3.05, 3.63) is 54.1 Å². The van der Waals surface area contributed by atoms with Crippen LogP contribution in [-0.4, -0.2) is 63.5 Å². The smallest absolute Gasteiger partial charge is 0.380 e. The summed E-state index contributed by atoms with van der Waals surface area (Å²) in [6.07, 6.45) is 0.652. The van der Waals surface area contributed by atoms with Gasteiger partial charge in [-0.05, 0) is 43.2 Å². The zero-order valence-corrected chi connectivity index (χ0v) is 19.4. The maximum absolute atomic E-state index is 13.3. The number of thioether (sulfide) groups is 1. The van der Waals surface area contributed by atoms with Crippen LogP contribution in [0.15, 0.2) is 58.3 Å². The lowest BCUT2D eigenvalue weighted by atomic mass is 10.1. The fraction of sp³-hybridized carbons (Fsp3) is 0.455. The van der Waals surface area contributed by atoms with E-state index in [0.717, 1.165) is 30.6 Å². The maximum Gasteiger partial charge on any atom is 0.501 e. The predicted molar refractivity (Wildman–Crippen MR) is 121 cm³/mol. The Bertz CT molecular complexity index is 980. The fourth-order valence-corrected chi connectivity index (χ4v) is 5.39. The quantitative estimate of drug-likeness (QED) is 0.522. The SMILES string of the molecule is Cc1ccc(N[C@H](CCN2CCOCC2)CSc2ccccc2)c(S(=O)(=O)C(F)(F)F)c1. The number of morpholine rings is 1. The van der Waals surface area contributed by atoms with E-state index in [9.17, 15) is 21.6 Å². The van der Waals surface area contributed by atoms with Crippen LogP contribution in [0.1, 0.15) is 12.0 Å². The molecule has 1 aliphatic heterocycles. The molecule has 2 aromatic rings. The average Bonchev–Trinajstić information content (AvgIpc) is 2.77. The highest BCUT2D eigenvalue weighted by molar-refractivity contribution is 7.99. The number of nitrogens with one attached hydrogen (secondary N) is 1. The number of hydrogen-bond donors (Lipinski definition) is 1. The summed E-state index contributed by atoms with van der Waals surface area (Å²) in [5.41, 5.74) is -4.94. The van der Waals surface area contributed by atoms with Crippen molar-refractivity contribution in [3.63, 3.8) is 0 Å². The molecule has 1 N–H and O–H groups in total. The van der Waals surface area contributed by atoms with Gasteiger partial charge < -0.3 is 10.1 Å². The number of aryl methyl sites for hydroxylation is 1. The Hall–Kier alpha value is -1.75. The third-order valence-corrected chi connectivity index (χ3v) is 7.88. The lowest BCUT2D eigenvalue weighted by Gasteiger charge is -2.29. The summed E-state index contributed by atoms with van der Waals surface area (Å²) in [5, 5.41) is 3.10. The Labute approximate surface area is 191 Å². The van der Waals surface area contributed by atoms with Crippen molar-refractivity contribution in [3.8, 4) is 0 Å². The van der Waals surface area contributed by atoms with Crippen LogP contribution < -0.4 is 5.32 Å². The third-order valence-electron chi connectivity index (χ3n) is 5.18. The van der Waals surface area contributed by atoms with Crippen molar-refractivity contribution < 1.29 is 26.3 Å². The van der Waals surface area contributed by atoms with Gasteiger partial charge in [-0.15, -0.1) is 11.8 Å². The lowest BCUT2D eigenvalue weighted by Crippen LogP contribution is -2.39. The highest BCUT2D eigenvalue weighted by atomic mass is 32.2. The molecule has 0 aliphatic carbocycles. The van der Waals surface area contributed by atoms with Crippen LogP contribution in [0.4, 0.5) is 18.9 Å². The third kappa shape index (κ3) is 6.63. The largest absolute Gasteiger partial charge is 0.501 e. The Kier molecular flexibility index (Phi) is 8.49. The topological polar surface area (TPSA) is 58.6 Å². The molecular weight excluding hydrogens is 461 g/mol. The van der Waals surface area contributed by atoms with Crippen molar-refractivity contribution in [2.45, 2.75) is 34.7 Å². The molecule has 1 aliphatic rings. The van der Waals surface area contributed by atoms with E-state index in [1.807, 2.05) is 30.3 Å². The molecule has 0 unspecified atom stereocenters. The van der Waals surface area contributed by atoms with Crippen LogP contribution >= 0.6 is 11.8 Å². The molecule has 0 amide bonds. The van der Waals surface area contributed by atoms with Crippen LogP contribution in [-0.2, 0) is 14.6 Å². The Morgan fingerprint density at radius 3 is 2.47 bits per heavy atom. The van der Waals surface area contributed by atoms with E-state index >= 15 is 0 Å². The van der Waals surface area contributed by atoms with E-state index in [2.05, 4.69) is 10.2 Å². The first-order chi connectivity index (χ1) is 15.2. The second-order valence-electron chi connectivity index (χ2n) is 7.66. The lowest BCUT2D eigenvalue weighted by molar-refractivity contribution is -0.0435. The van der Waals surface area contributed by atoms with Gasteiger partial charge in [0.05, 0.1) is 23.8 Å². The highest BCUT2D eigenvalue weighted by Crippen LogP contribution is 2.35. The van der Waals surface area contributed by atoms with Crippen molar-refractivity contribution in [2.75, 3.05) is 43.9 Å². The summed E-state index contributed by atoms with van der Waals surface area (Å²) >= 11 is 1.58. The molecule has 0 aromatic heterocycles. The van der Waals surface area contributed by atoms with E-state index in [4.69, 9.17) is 4.74 Å². The van der Waals surface area contributed by atoms with Gasteiger partial charge in [0.15, 0.2) is 0 Å². The van der Waals surface area contributed by atoms with E-state index in [1.165, 1.54) is 6.07 Å². The molecule has 0 spiro atoms. The van der Waals surface area contributed by atoms with Crippen molar-refractivity contribution in [1.82, 2.24) is 4.90 Å². The molecule has 2 aromatic carbocycles. The first-order valence-corrected chi connectivity index (χ1v) is 12.8. The molecule has 10 heteroatoms. The minimum absolute atomic E-state index is 0.0198. The van der Waals surface area contributed by atoms with E-state index in [0.29, 0.717) is 31.0 Å². The first-order valence-electron chi connectivity index (χ1n) is 10.3. The van der Waals surface area contributed by atoms with Crippen LogP contribution in [0.25, 0.3) is 0 Å². The van der Waals surface area contributed by atoms with Gasteiger partial charge in [-0.1, -0.05) is 24.3 Å². The molecule has 0 saturated carbocycles. The van der Waals surface area contributed by atoms with Crippen LogP contribution in [0.2, 0.25) is 0 Å². The molecule has 1 heterocycles. The fourth-order valence-electron chi connectivity index (χ4n) is 3.39. The summed E-state index contributed by atoms with van der Waals surface area (Å²) < 4.78 is 69.6. The van der Waals surface area contributed by atoms with Gasteiger partial charge in [0.25, 0.3) is 9.84 Å². The molecule has 0 bridgehead atoms. The number of anilines is 1. The summed E-state index contributed by atoms with van der Waals surface area (Å²) in [7, 11) is -5.47. The van der Waals surface area contributed by atoms with Crippen LogP contribution in [0.5, 0.6) is 0 Å². The van der Waals surface area contributed by atoms with Crippen LogP contribution in [0.3, 0.4) is 0 Å². The zero-order chi connectivity index (χ0) is 23.2. The van der Waals surface area contributed by atoms with Gasteiger partial charge in [0.1, 0.15) is 0 Å². The second-order valence-corrected chi connectivity index (χ2v) is 10.7. The molecule has 176 valence electrons. The number of ether oxygens (including phenoxy) is 1. The molecule has 1 fully saturated rings. The normalized spacial score (nSPS) is 16.6. The molecular formula is C22H27F3N2O3S2. The second kappa shape index (κ2) is 10.9. The minimum atomic E-state index is -5.47. The Morgan fingerprint density at radius 2 is 1.81 bits per heavy atom. The van der Waals surface area contributed by atoms with Gasteiger partial charge in [0, 0.05) is 36.3 Å². The van der Waals surface area contributed by atoms with Gasteiger partial charge in [-0.3, -0.25) is 4.90 Å². The number of sulfone groups is 1. The summed E-state index contributed by atoms with van der Waals surface area (Å²) in [6.45, 7) is 5.23. The van der Waals surface area contributed by atoms with Gasteiger partial charge in [0.2, 0.25) is 0 Å². The van der Waals surface area contributed by atoms with Gasteiger partial charge in [-0.25, -0.2) is 8.42 Å². The molecule has 5 nitrogen and oxygen atoms in total. The van der Waals surface area contributed by atoms with Crippen molar-refractivity contribution in [1.29, 1.82) is 0 Å². The summed E-state index contributed by atoms with van der Waals surface area (Å²) in [4.78, 5) is 2.55. The molecule has 3 rings (SSSR count). The Morgan fingerprint density at radius 1 is 1.12 bits per heavy atom. The number of alkyl halides is 3. The molecule has 1 atom stereocenters. The number of rotatable bonds is 9. The molecule has 32 heavy (non-hydrogen) atoms. The van der Waals surface area contributed by atoms with E-state index in [1.54, 1.807) is 24.8 Å². The van der Waals surface area contributed by atoms with Crippen LogP contribution in [0, 0.1) is 6.92 Å². The van der Waals surface area contributed by atoms with Gasteiger partial charge >= 0.3 is 5.51 Å². The zero-order valence-electron chi connectivity index (χ0n) is 17.8. The molecule has 0 radical (unpaired) electrons. The average molecular weight is 489 g/mol. The monoisotopic (exact) mass is 488 g/mol. The number of benzene rings is 2. The summed E-state index contributed by atoms with van der Waals surface area (Å²) in [5.74, 6) is 0.577. The van der Waals surface area contributed by atoms with E-state index in [-0.39, 0.29) is 11.7 Å². The maximum atomic E-state index is 13.3. The molecule has 1 saturated heterocycles. The van der Waals surface area contributed by atoms with Crippen molar-refractivity contribution >= 4 is 27.3 Å². The van der Waals surface area contributed by atoms with Crippen molar-refractivity contribution in [2.24, 2.45) is 0 Å². The minimum Gasteiger partial charge on any atom is -0.380 e. The van der Waals surface area contributed by atoms with Gasteiger partial charge in [-0.2, -0.15) is 13.2 Å². The Balaban J connectivity index is 1.81. The number of nitrogens with zero attached hydrogens (tertiary/aromatic N) is 1. The predicted octanol–water partition coefficient (Wildman–Crippen LogP) is 4.58. The number of halogens is 3.